The number of hydrogen-bond donors (Lipinski definition) is 5. The fourth-order valence-corrected chi connectivity index (χ4v) is 3.60. The lowest BCUT2D eigenvalue weighted by Gasteiger charge is -2.17. The first-order chi connectivity index (χ1) is 13.9. The van der Waals surface area contributed by atoms with E-state index in [0.29, 0.717) is 22.9 Å². The standard InChI is InChI=1S/C24H20O5/c25-16-8-4-14(5-9-16)12-19-18-2-1-3-21(27)22(18)24(29)20(23(19)28)13-15-6-10-17(26)11-7-15/h1-11,25-29H,12-13H2. The molecule has 0 spiro atoms. The molecule has 4 rings (SSSR count). The van der Waals surface area contributed by atoms with Crippen LogP contribution in [0.4, 0.5) is 0 Å². The summed E-state index contributed by atoms with van der Waals surface area (Å²) in [5.74, 6) is 0.00404. The van der Waals surface area contributed by atoms with Crippen molar-refractivity contribution < 1.29 is 25.5 Å². The van der Waals surface area contributed by atoms with Gasteiger partial charge in [0.1, 0.15) is 28.7 Å². The molecule has 0 bridgehead atoms. The quantitative estimate of drug-likeness (QED) is 0.353. The molecule has 0 saturated heterocycles. The summed E-state index contributed by atoms with van der Waals surface area (Å²) in [6, 6.07) is 18.1. The number of hydrogen-bond acceptors (Lipinski definition) is 5. The van der Waals surface area contributed by atoms with Gasteiger partial charge in [-0.25, -0.2) is 0 Å². The van der Waals surface area contributed by atoms with Crippen LogP contribution >= 0.6 is 0 Å². The third-order valence-corrected chi connectivity index (χ3v) is 5.10. The molecule has 0 amide bonds. The Labute approximate surface area is 167 Å². The number of phenolic OH excluding ortho intramolecular Hbond substituents is 5. The van der Waals surface area contributed by atoms with Crippen molar-refractivity contribution in [3.05, 3.63) is 89.0 Å². The van der Waals surface area contributed by atoms with Gasteiger partial charge in [0.2, 0.25) is 0 Å². The number of benzene rings is 4. The topological polar surface area (TPSA) is 101 Å². The van der Waals surface area contributed by atoms with E-state index in [2.05, 4.69) is 0 Å². The van der Waals surface area contributed by atoms with Gasteiger partial charge in [-0.05, 0) is 46.8 Å². The van der Waals surface area contributed by atoms with E-state index in [0.717, 1.165) is 11.1 Å². The van der Waals surface area contributed by atoms with E-state index < -0.39 is 0 Å². The molecule has 0 heterocycles. The van der Waals surface area contributed by atoms with Crippen molar-refractivity contribution in [2.24, 2.45) is 0 Å². The Kier molecular flexibility index (Phi) is 4.64. The van der Waals surface area contributed by atoms with Crippen LogP contribution in [0.25, 0.3) is 10.8 Å². The summed E-state index contributed by atoms with van der Waals surface area (Å²) in [5, 5.41) is 52.1. The van der Waals surface area contributed by atoms with Crippen molar-refractivity contribution in [3.63, 3.8) is 0 Å². The molecule has 29 heavy (non-hydrogen) atoms. The van der Waals surface area contributed by atoms with Crippen LogP contribution in [0.3, 0.4) is 0 Å². The monoisotopic (exact) mass is 388 g/mol. The highest BCUT2D eigenvalue weighted by molar-refractivity contribution is 5.99. The third kappa shape index (κ3) is 3.50. The minimum absolute atomic E-state index is 0.0400. The lowest BCUT2D eigenvalue weighted by atomic mass is 9.90. The number of rotatable bonds is 4. The van der Waals surface area contributed by atoms with Crippen LogP contribution in [-0.2, 0) is 12.8 Å². The maximum Gasteiger partial charge on any atom is 0.134 e. The molecule has 0 atom stereocenters. The van der Waals surface area contributed by atoms with Crippen LogP contribution < -0.4 is 0 Å². The van der Waals surface area contributed by atoms with E-state index in [4.69, 9.17) is 0 Å². The second-order valence-corrected chi connectivity index (χ2v) is 7.04. The summed E-state index contributed by atoms with van der Waals surface area (Å²) >= 11 is 0. The molecule has 0 aliphatic rings. The van der Waals surface area contributed by atoms with Gasteiger partial charge in [-0.1, -0.05) is 36.4 Å². The average Bonchev–Trinajstić information content (AvgIpc) is 2.71. The van der Waals surface area contributed by atoms with Crippen LogP contribution in [0, 0.1) is 0 Å². The second kappa shape index (κ2) is 7.28. The summed E-state index contributed by atoms with van der Waals surface area (Å²) in [4.78, 5) is 0. The SMILES string of the molecule is Oc1ccc(Cc2c(O)c(Cc3ccc(O)cc3)c3cccc(O)c3c2O)cc1. The van der Waals surface area contributed by atoms with E-state index in [1.165, 1.54) is 6.07 Å². The van der Waals surface area contributed by atoms with Gasteiger partial charge in [0.25, 0.3) is 0 Å². The molecular weight excluding hydrogens is 368 g/mol. The van der Waals surface area contributed by atoms with Crippen molar-refractivity contribution in [1.29, 1.82) is 0 Å². The minimum Gasteiger partial charge on any atom is -0.508 e. The summed E-state index contributed by atoms with van der Waals surface area (Å²) in [7, 11) is 0. The number of fused-ring (bicyclic) bond motifs is 1. The van der Waals surface area contributed by atoms with Crippen molar-refractivity contribution >= 4 is 10.8 Å². The number of aromatic hydroxyl groups is 5. The van der Waals surface area contributed by atoms with Gasteiger partial charge in [0.05, 0.1) is 5.39 Å². The highest BCUT2D eigenvalue weighted by Crippen LogP contribution is 2.45. The predicted octanol–water partition coefficient (Wildman–Crippen LogP) is 4.55. The Morgan fingerprint density at radius 2 is 1.03 bits per heavy atom. The molecule has 4 aromatic carbocycles. The predicted molar refractivity (Wildman–Crippen MR) is 111 cm³/mol. The Morgan fingerprint density at radius 3 is 1.59 bits per heavy atom. The normalized spacial score (nSPS) is 11.0. The summed E-state index contributed by atoms with van der Waals surface area (Å²) in [5.41, 5.74) is 2.54. The zero-order valence-electron chi connectivity index (χ0n) is 15.5. The zero-order valence-corrected chi connectivity index (χ0v) is 15.5. The van der Waals surface area contributed by atoms with Crippen LogP contribution in [-0.4, -0.2) is 25.5 Å². The van der Waals surface area contributed by atoms with Crippen molar-refractivity contribution in [2.75, 3.05) is 0 Å². The molecule has 5 nitrogen and oxygen atoms in total. The van der Waals surface area contributed by atoms with Gasteiger partial charge in [-0.2, -0.15) is 0 Å². The maximum atomic E-state index is 11.0. The third-order valence-electron chi connectivity index (χ3n) is 5.10. The Bertz CT molecular complexity index is 1180. The molecule has 0 saturated carbocycles. The molecule has 146 valence electrons. The average molecular weight is 388 g/mol. The van der Waals surface area contributed by atoms with Gasteiger partial charge in [0.15, 0.2) is 0 Å². The zero-order chi connectivity index (χ0) is 20.5. The molecule has 0 aliphatic heterocycles. The maximum absolute atomic E-state index is 11.0. The van der Waals surface area contributed by atoms with Crippen molar-refractivity contribution in [3.8, 4) is 28.7 Å². The minimum atomic E-state index is -0.168. The van der Waals surface area contributed by atoms with Crippen LogP contribution in [0.2, 0.25) is 0 Å². The lowest BCUT2D eigenvalue weighted by Crippen LogP contribution is -1.98. The van der Waals surface area contributed by atoms with E-state index in [9.17, 15) is 25.5 Å². The first-order valence-electron chi connectivity index (χ1n) is 9.17. The molecule has 5 heteroatoms. The van der Waals surface area contributed by atoms with E-state index >= 15 is 0 Å². The Morgan fingerprint density at radius 1 is 0.517 bits per heavy atom. The Balaban J connectivity index is 1.90. The summed E-state index contributed by atoms with van der Waals surface area (Å²) < 4.78 is 0. The smallest absolute Gasteiger partial charge is 0.134 e. The van der Waals surface area contributed by atoms with E-state index in [-0.39, 0.29) is 40.6 Å². The van der Waals surface area contributed by atoms with Gasteiger partial charge >= 0.3 is 0 Å². The first-order valence-corrected chi connectivity index (χ1v) is 9.17. The van der Waals surface area contributed by atoms with Gasteiger partial charge in [-0.15, -0.1) is 0 Å². The second-order valence-electron chi connectivity index (χ2n) is 7.04. The lowest BCUT2D eigenvalue weighted by molar-refractivity contribution is 0.437. The van der Waals surface area contributed by atoms with Crippen molar-refractivity contribution in [2.45, 2.75) is 12.8 Å². The molecular formula is C24H20O5. The van der Waals surface area contributed by atoms with Crippen molar-refractivity contribution in [1.82, 2.24) is 0 Å². The molecule has 0 unspecified atom stereocenters. The van der Waals surface area contributed by atoms with Crippen LogP contribution in [0.15, 0.2) is 66.7 Å². The van der Waals surface area contributed by atoms with E-state index in [1.807, 2.05) is 0 Å². The largest absolute Gasteiger partial charge is 0.508 e. The molecule has 0 aliphatic carbocycles. The summed E-state index contributed by atoms with van der Waals surface area (Å²) in [6.45, 7) is 0. The molecule has 5 N–H and O–H groups in total. The Hall–Kier alpha value is -3.86. The highest BCUT2D eigenvalue weighted by atomic mass is 16.3. The first kappa shape index (κ1) is 18.5. The fraction of sp³-hybridized carbons (Fsp3) is 0.0833. The molecule has 0 radical (unpaired) electrons. The van der Waals surface area contributed by atoms with Gasteiger partial charge < -0.3 is 25.5 Å². The molecule has 4 aromatic rings. The fourth-order valence-electron chi connectivity index (χ4n) is 3.60. The summed E-state index contributed by atoms with van der Waals surface area (Å²) in [6.07, 6.45) is 0.583. The molecule has 0 fully saturated rings. The van der Waals surface area contributed by atoms with E-state index in [1.54, 1.807) is 60.7 Å². The number of phenols is 5. The van der Waals surface area contributed by atoms with Crippen LogP contribution in [0.5, 0.6) is 28.7 Å². The molecule has 0 aromatic heterocycles. The van der Waals surface area contributed by atoms with Gasteiger partial charge in [-0.3, -0.25) is 0 Å². The van der Waals surface area contributed by atoms with Crippen LogP contribution in [0.1, 0.15) is 22.3 Å². The highest BCUT2D eigenvalue weighted by Gasteiger charge is 2.21. The van der Waals surface area contributed by atoms with Gasteiger partial charge in [0, 0.05) is 24.0 Å².